The molecular weight excluding hydrogens is 378 g/mol. The molecule has 0 saturated carbocycles. The third-order valence-electron chi connectivity index (χ3n) is 4.87. The van der Waals surface area contributed by atoms with Crippen LogP contribution in [0.4, 0.5) is 5.82 Å². The highest BCUT2D eigenvalue weighted by Gasteiger charge is 2.32. The van der Waals surface area contributed by atoms with Crippen LogP contribution in [-0.2, 0) is 18.4 Å². The highest BCUT2D eigenvalue weighted by molar-refractivity contribution is 6.30. The fraction of sp³-hybridized carbons (Fsp3) is 0.238. The summed E-state index contributed by atoms with van der Waals surface area (Å²) < 4.78 is 13.4. The number of ether oxygens (including phenoxy) is 2. The predicted molar refractivity (Wildman–Crippen MR) is 107 cm³/mol. The third-order valence-corrected chi connectivity index (χ3v) is 5.10. The lowest BCUT2D eigenvalue weighted by Crippen LogP contribution is -2.24. The Hall–Kier alpha value is -2.99. The maximum atomic E-state index is 12.3. The number of fused-ring (bicyclic) bond motifs is 1. The van der Waals surface area contributed by atoms with Crippen LogP contribution in [0.15, 0.2) is 48.7 Å². The van der Waals surface area contributed by atoms with Crippen molar-refractivity contribution in [3.63, 3.8) is 0 Å². The normalized spacial score (nSPS) is 15.7. The summed E-state index contributed by atoms with van der Waals surface area (Å²) in [6.07, 6.45) is 2.11. The number of para-hydroxylation sites is 1. The van der Waals surface area contributed by atoms with E-state index in [0.29, 0.717) is 35.4 Å². The maximum Gasteiger partial charge on any atom is 0.226 e. The Kier molecular flexibility index (Phi) is 4.96. The molecule has 1 amide bonds. The topological polar surface area (TPSA) is 65.4 Å². The fourth-order valence-electron chi connectivity index (χ4n) is 3.52. The first-order chi connectivity index (χ1) is 13.6. The molecule has 0 unspecified atom stereocenters. The van der Waals surface area contributed by atoms with Gasteiger partial charge < -0.3 is 14.8 Å². The van der Waals surface area contributed by atoms with Gasteiger partial charge in [-0.15, -0.1) is 0 Å². The molecule has 0 radical (unpaired) electrons. The van der Waals surface area contributed by atoms with Crippen LogP contribution >= 0.6 is 11.6 Å². The molecule has 4 rings (SSSR count). The maximum absolute atomic E-state index is 12.3. The molecule has 1 aromatic heterocycles. The van der Waals surface area contributed by atoms with Crippen molar-refractivity contribution < 1.29 is 14.3 Å². The SMILES string of the molecule is COc1cccc([C@@H]2CC(=O)Nc3c2cnn3C)c1OCc1cccc(Cl)c1. The molecule has 1 aliphatic heterocycles. The lowest BCUT2D eigenvalue weighted by molar-refractivity contribution is -0.116. The summed E-state index contributed by atoms with van der Waals surface area (Å²) in [6.45, 7) is 0.340. The van der Waals surface area contributed by atoms with E-state index in [1.165, 1.54) is 0 Å². The lowest BCUT2D eigenvalue weighted by atomic mass is 9.86. The standard InChI is InChI=1S/C21H20ClN3O3/c1-25-21-17(11-23-25)16(10-19(26)24-21)15-7-4-8-18(27-2)20(15)28-12-13-5-3-6-14(22)9-13/h3-9,11,16H,10,12H2,1-2H3,(H,24,26)/t16-/m0/s1. The molecule has 3 aromatic rings. The number of aromatic nitrogens is 2. The van der Waals surface area contributed by atoms with E-state index in [4.69, 9.17) is 21.1 Å². The van der Waals surface area contributed by atoms with Crippen molar-refractivity contribution in [1.82, 2.24) is 9.78 Å². The van der Waals surface area contributed by atoms with Gasteiger partial charge in [-0.25, -0.2) is 0 Å². The first-order valence-corrected chi connectivity index (χ1v) is 9.30. The molecule has 7 heteroatoms. The predicted octanol–water partition coefficient (Wildman–Crippen LogP) is 4.14. The summed E-state index contributed by atoms with van der Waals surface area (Å²) in [7, 11) is 3.41. The van der Waals surface area contributed by atoms with Gasteiger partial charge in [0.15, 0.2) is 11.5 Å². The van der Waals surface area contributed by atoms with E-state index in [9.17, 15) is 4.79 Å². The van der Waals surface area contributed by atoms with E-state index in [1.54, 1.807) is 18.0 Å². The zero-order valence-corrected chi connectivity index (χ0v) is 16.4. The number of carbonyl (C=O) groups excluding carboxylic acids is 1. The van der Waals surface area contributed by atoms with Crippen molar-refractivity contribution in [3.8, 4) is 11.5 Å². The number of anilines is 1. The van der Waals surface area contributed by atoms with Gasteiger partial charge in [0.05, 0.1) is 13.3 Å². The number of hydrogen-bond donors (Lipinski definition) is 1. The third kappa shape index (κ3) is 3.43. The van der Waals surface area contributed by atoms with Crippen LogP contribution in [0.25, 0.3) is 0 Å². The van der Waals surface area contributed by atoms with E-state index < -0.39 is 0 Å². The van der Waals surface area contributed by atoms with Gasteiger partial charge in [-0.1, -0.05) is 35.9 Å². The van der Waals surface area contributed by atoms with Gasteiger partial charge in [-0.3, -0.25) is 9.48 Å². The van der Waals surface area contributed by atoms with Gasteiger partial charge in [0.2, 0.25) is 5.91 Å². The van der Waals surface area contributed by atoms with Crippen LogP contribution in [0.1, 0.15) is 29.0 Å². The molecule has 1 aliphatic rings. The number of benzene rings is 2. The summed E-state index contributed by atoms with van der Waals surface area (Å²) in [5.74, 6) is 1.74. The molecule has 0 saturated heterocycles. The van der Waals surface area contributed by atoms with Crippen molar-refractivity contribution >= 4 is 23.3 Å². The zero-order chi connectivity index (χ0) is 19.7. The molecule has 144 valence electrons. The smallest absolute Gasteiger partial charge is 0.226 e. The Morgan fingerprint density at radius 2 is 2.07 bits per heavy atom. The molecule has 0 aliphatic carbocycles. The fourth-order valence-corrected chi connectivity index (χ4v) is 3.74. The second kappa shape index (κ2) is 7.56. The monoisotopic (exact) mass is 397 g/mol. The Morgan fingerprint density at radius 1 is 1.25 bits per heavy atom. The molecule has 2 aromatic carbocycles. The first-order valence-electron chi connectivity index (χ1n) is 8.92. The molecule has 0 fully saturated rings. The zero-order valence-electron chi connectivity index (χ0n) is 15.6. The number of halogens is 1. The molecule has 2 heterocycles. The van der Waals surface area contributed by atoms with E-state index in [-0.39, 0.29) is 11.8 Å². The summed E-state index contributed by atoms with van der Waals surface area (Å²) in [5.41, 5.74) is 2.81. The molecule has 1 atom stereocenters. The quantitative estimate of drug-likeness (QED) is 0.702. The largest absolute Gasteiger partial charge is 0.493 e. The minimum Gasteiger partial charge on any atom is -0.493 e. The van der Waals surface area contributed by atoms with Crippen LogP contribution in [0, 0.1) is 0 Å². The van der Waals surface area contributed by atoms with Gasteiger partial charge in [0, 0.05) is 35.5 Å². The van der Waals surface area contributed by atoms with E-state index >= 15 is 0 Å². The van der Waals surface area contributed by atoms with Gasteiger partial charge in [0.25, 0.3) is 0 Å². The van der Waals surface area contributed by atoms with Crippen molar-refractivity contribution in [2.75, 3.05) is 12.4 Å². The summed E-state index contributed by atoms with van der Waals surface area (Å²) in [5, 5.41) is 7.85. The van der Waals surface area contributed by atoms with Crippen molar-refractivity contribution in [3.05, 3.63) is 70.4 Å². The number of hydrogen-bond acceptors (Lipinski definition) is 4. The minimum absolute atomic E-state index is 0.0512. The molecule has 28 heavy (non-hydrogen) atoms. The Morgan fingerprint density at radius 3 is 2.86 bits per heavy atom. The van der Waals surface area contributed by atoms with Crippen LogP contribution < -0.4 is 14.8 Å². The number of aryl methyl sites for hydroxylation is 1. The van der Waals surface area contributed by atoms with Crippen LogP contribution in [-0.4, -0.2) is 22.8 Å². The second-order valence-corrected chi connectivity index (χ2v) is 7.11. The van der Waals surface area contributed by atoms with E-state index in [0.717, 1.165) is 16.7 Å². The molecular formula is C21H20ClN3O3. The van der Waals surface area contributed by atoms with Gasteiger partial charge in [-0.05, 0) is 23.8 Å². The average Bonchev–Trinajstić information content (AvgIpc) is 3.06. The van der Waals surface area contributed by atoms with E-state index in [1.807, 2.05) is 49.5 Å². The molecule has 0 bridgehead atoms. The number of rotatable bonds is 5. The summed E-state index contributed by atoms with van der Waals surface area (Å²) in [6, 6.07) is 13.3. The van der Waals surface area contributed by atoms with Crippen LogP contribution in [0.2, 0.25) is 5.02 Å². The number of carbonyl (C=O) groups is 1. The first kappa shape index (κ1) is 18.4. The highest BCUT2D eigenvalue weighted by atomic mass is 35.5. The lowest BCUT2D eigenvalue weighted by Gasteiger charge is -2.26. The summed E-state index contributed by atoms with van der Waals surface area (Å²) in [4.78, 5) is 12.3. The number of nitrogens with one attached hydrogen (secondary N) is 1. The van der Waals surface area contributed by atoms with Crippen molar-refractivity contribution in [2.24, 2.45) is 7.05 Å². The highest BCUT2D eigenvalue weighted by Crippen LogP contribution is 2.44. The Bertz CT molecular complexity index is 1030. The number of amides is 1. The second-order valence-electron chi connectivity index (χ2n) is 6.67. The van der Waals surface area contributed by atoms with Crippen molar-refractivity contribution in [1.29, 1.82) is 0 Å². The number of methoxy groups -OCH3 is 1. The Balaban J connectivity index is 1.73. The Labute approximate surface area is 168 Å². The van der Waals surface area contributed by atoms with Gasteiger partial charge >= 0.3 is 0 Å². The van der Waals surface area contributed by atoms with Crippen molar-refractivity contribution in [2.45, 2.75) is 18.9 Å². The molecule has 6 nitrogen and oxygen atoms in total. The van der Waals surface area contributed by atoms with Crippen LogP contribution in [0.3, 0.4) is 0 Å². The minimum atomic E-state index is -0.165. The van der Waals surface area contributed by atoms with E-state index in [2.05, 4.69) is 10.4 Å². The van der Waals surface area contributed by atoms with Gasteiger partial charge in [-0.2, -0.15) is 5.10 Å². The average molecular weight is 398 g/mol. The van der Waals surface area contributed by atoms with Gasteiger partial charge in [0.1, 0.15) is 12.4 Å². The number of nitrogens with zero attached hydrogens (tertiary/aromatic N) is 2. The molecule has 1 N–H and O–H groups in total. The molecule has 0 spiro atoms. The summed E-state index contributed by atoms with van der Waals surface area (Å²) >= 11 is 6.08. The van der Waals surface area contributed by atoms with Crippen LogP contribution in [0.5, 0.6) is 11.5 Å².